The minimum atomic E-state index is -0.224. The van der Waals surface area contributed by atoms with Gasteiger partial charge in [0.1, 0.15) is 24.0 Å². The van der Waals surface area contributed by atoms with E-state index in [1.165, 1.54) is 6.07 Å². The van der Waals surface area contributed by atoms with Crippen molar-refractivity contribution in [1.29, 1.82) is 0 Å². The topological polar surface area (TPSA) is 34.1 Å². The molecule has 1 aromatic heterocycles. The summed E-state index contributed by atoms with van der Waals surface area (Å²) in [5.41, 5.74) is 1.40. The maximum Gasteiger partial charge on any atom is 0.130 e. The molecule has 1 heterocycles. The second kappa shape index (κ2) is 5.49. The number of benzene rings is 1. The number of aromatic nitrogens is 1. The third kappa shape index (κ3) is 2.97. The van der Waals surface area contributed by atoms with Gasteiger partial charge in [0.25, 0.3) is 0 Å². The predicted molar refractivity (Wildman–Crippen MR) is 69.3 cm³/mol. The zero-order valence-electron chi connectivity index (χ0n) is 10.4. The summed E-state index contributed by atoms with van der Waals surface area (Å²) in [7, 11) is 1.82. The molecule has 0 unspecified atom stereocenters. The molecular formula is C14H15FN2O. The Bertz CT molecular complexity index is 543. The van der Waals surface area contributed by atoms with E-state index >= 15 is 0 Å². The van der Waals surface area contributed by atoms with Crippen molar-refractivity contribution in [3.8, 4) is 5.75 Å². The van der Waals surface area contributed by atoms with E-state index in [4.69, 9.17) is 4.74 Å². The normalized spacial score (nSPS) is 10.2. The van der Waals surface area contributed by atoms with Crippen LogP contribution in [-0.2, 0) is 6.61 Å². The quantitative estimate of drug-likeness (QED) is 0.899. The van der Waals surface area contributed by atoms with E-state index < -0.39 is 0 Å². The van der Waals surface area contributed by atoms with Crippen LogP contribution in [0.4, 0.5) is 10.2 Å². The minimum absolute atomic E-state index is 0.224. The lowest BCUT2D eigenvalue weighted by Crippen LogP contribution is -2.01. The lowest BCUT2D eigenvalue weighted by molar-refractivity contribution is 0.301. The first kappa shape index (κ1) is 12.4. The van der Waals surface area contributed by atoms with Crippen LogP contribution in [0, 0.1) is 12.7 Å². The Morgan fingerprint density at radius 1 is 1.28 bits per heavy atom. The first-order valence-corrected chi connectivity index (χ1v) is 5.71. The molecule has 1 aromatic carbocycles. The van der Waals surface area contributed by atoms with Gasteiger partial charge in [0, 0.05) is 7.05 Å². The van der Waals surface area contributed by atoms with Crippen molar-refractivity contribution < 1.29 is 9.13 Å². The average Bonchev–Trinajstić information content (AvgIpc) is 2.40. The van der Waals surface area contributed by atoms with Crippen LogP contribution in [0.1, 0.15) is 11.3 Å². The number of ether oxygens (including phenoxy) is 1. The number of rotatable bonds is 4. The highest BCUT2D eigenvalue weighted by atomic mass is 19.1. The molecule has 0 aliphatic rings. The Morgan fingerprint density at radius 3 is 2.83 bits per heavy atom. The van der Waals surface area contributed by atoms with Crippen LogP contribution in [0.3, 0.4) is 0 Å². The number of hydrogen-bond donors (Lipinski definition) is 1. The van der Waals surface area contributed by atoms with Crippen molar-refractivity contribution in [3.05, 3.63) is 53.5 Å². The standard InChI is InChI=1S/C14H15FN2O/c1-10-8-12(6-7-13(10)15)18-9-11-4-3-5-14(16-2)17-11/h3-8H,9H2,1-2H3,(H,16,17). The van der Waals surface area contributed by atoms with Gasteiger partial charge in [-0.15, -0.1) is 0 Å². The molecule has 0 saturated heterocycles. The van der Waals surface area contributed by atoms with Gasteiger partial charge in [-0.25, -0.2) is 9.37 Å². The summed E-state index contributed by atoms with van der Waals surface area (Å²) in [5.74, 6) is 1.22. The number of nitrogens with one attached hydrogen (secondary N) is 1. The molecule has 0 spiro atoms. The molecule has 2 aromatic rings. The van der Waals surface area contributed by atoms with E-state index in [9.17, 15) is 4.39 Å². The first-order valence-electron chi connectivity index (χ1n) is 5.71. The first-order chi connectivity index (χ1) is 8.69. The highest BCUT2D eigenvalue weighted by Crippen LogP contribution is 2.17. The maximum atomic E-state index is 13.1. The van der Waals surface area contributed by atoms with Crippen molar-refractivity contribution in [2.24, 2.45) is 0 Å². The zero-order valence-corrected chi connectivity index (χ0v) is 10.4. The summed E-state index contributed by atoms with van der Waals surface area (Å²) < 4.78 is 18.7. The predicted octanol–water partition coefficient (Wildman–Crippen LogP) is 3.15. The van der Waals surface area contributed by atoms with Crippen LogP contribution < -0.4 is 10.1 Å². The van der Waals surface area contributed by atoms with E-state index in [1.807, 2.05) is 25.2 Å². The molecule has 3 nitrogen and oxygen atoms in total. The summed E-state index contributed by atoms with van der Waals surface area (Å²) >= 11 is 0. The van der Waals surface area contributed by atoms with E-state index in [0.29, 0.717) is 17.9 Å². The van der Waals surface area contributed by atoms with Gasteiger partial charge in [0.2, 0.25) is 0 Å². The molecule has 0 atom stereocenters. The Balaban J connectivity index is 2.04. The lowest BCUT2D eigenvalue weighted by Gasteiger charge is -2.08. The van der Waals surface area contributed by atoms with E-state index in [0.717, 1.165) is 11.5 Å². The minimum Gasteiger partial charge on any atom is -0.487 e. The van der Waals surface area contributed by atoms with E-state index in [-0.39, 0.29) is 5.82 Å². The molecule has 94 valence electrons. The number of hydrogen-bond acceptors (Lipinski definition) is 3. The highest BCUT2D eigenvalue weighted by molar-refractivity contribution is 5.34. The Morgan fingerprint density at radius 2 is 2.11 bits per heavy atom. The largest absolute Gasteiger partial charge is 0.487 e. The smallest absolute Gasteiger partial charge is 0.130 e. The summed E-state index contributed by atoms with van der Waals surface area (Å²) in [6.45, 7) is 2.07. The fourth-order valence-corrected chi connectivity index (χ4v) is 1.56. The number of aryl methyl sites for hydroxylation is 1. The van der Waals surface area contributed by atoms with Crippen molar-refractivity contribution >= 4 is 5.82 Å². The Hall–Kier alpha value is -2.10. The third-order valence-electron chi connectivity index (χ3n) is 2.58. The fourth-order valence-electron chi connectivity index (χ4n) is 1.56. The van der Waals surface area contributed by atoms with Crippen LogP contribution in [0.5, 0.6) is 5.75 Å². The van der Waals surface area contributed by atoms with Crippen LogP contribution in [-0.4, -0.2) is 12.0 Å². The molecule has 18 heavy (non-hydrogen) atoms. The van der Waals surface area contributed by atoms with E-state index in [1.54, 1.807) is 19.1 Å². The van der Waals surface area contributed by atoms with Gasteiger partial charge in [0.15, 0.2) is 0 Å². The summed E-state index contributed by atoms with van der Waals surface area (Å²) in [6, 6.07) is 10.4. The van der Waals surface area contributed by atoms with Crippen LogP contribution in [0.25, 0.3) is 0 Å². The number of halogens is 1. The molecule has 1 N–H and O–H groups in total. The van der Waals surface area contributed by atoms with Gasteiger partial charge in [0.05, 0.1) is 5.69 Å². The SMILES string of the molecule is CNc1cccc(COc2ccc(F)c(C)c2)n1. The van der Waals surface area contributed by atoms with Crippen molar-refractivity contribution in [1.82, 2.24) is 4.98 Å². The molecule has 0 aliphatic heterocycles. The second-order valence-corrected chi connectivity index (χ2v) is 3.96. The molecular weight excluding hydrogens is 231 g/mol. The summed E-state index contributed by atoms with van der Waals surface area (Å²) in [5, 5.41) is 2.97. The lowest BCUT2D eigenvalue weighted by atomic mass is 10.2. The molecule has 2 rings (SSSR count). The number of anilines is 1. The van der Waals surface area contributed by atoms with Crippen LogP contribution in [0.15, 0.2) is 36.4 Å². The molecule has 0 aliphatic carbocycles. The summed E-state index contributed by atoms with van der Waals surface area (Å²) in [6.07, 6.45) is 0. The Labute approximate surface area is 106 Å². The van der Waals surface area contributed by atoms with Gasteiger partial charge < -0.3 is 10.1 Å². The van der Waals surface area contributed by atoms with E-state index in [2.05, 4.69) is 10.3 Å². The zero-order chi connectivity index (χ0) is 13.0. The molecule has 0 amide bonds. The molecule has 0 saturated carbocycles. The third-order valence-corrected chi connectivity index (χ3v) is 2.58. The van der Waals surface area contributed by atoms with Gasteiger partial charge >= 0.3 is 0 Å². The summed E-state index contributed by atoms with van der Waals surface area (Å²) in [4.78, 5) is 4.34. The monoisotopic (exact) mass is 246 g/mol. The number of pyridine rings is 1. The van der Waals surface area contributed by atoms with Crippen molar-refractivity contribution in [2.45, 2.75) is 13.5 Å². The fraction of sp³-hybridized carbons (Fsp3) is 0.214. The molecule has 4 heteroatoms. The molecule has 0 fully saturated rings. The Kier molecular flexibility index (Phi) is 3.77. The van der Waals surface area contributed by atoms with Crippen LogP contribution in [0.2, 0.25) is 0 Å². The van der Waals surface area contributed by atoms with Gasteiger partial charge in [-0.1, -0.05) is 6.07 Å². The highest BCUT2D eigenvalue weighted by Gasteiger charge is 2.01. The van der Waals surface area contributed by atoms with Gasteiger partial charge in [-0.05, 0) is 42.8 Å². The second-order valence-electron chi connectivity index (χ2n) is 3.96. The van der Waals surface area contributed by atoms with Gasteiger partial charge in [-0.2, -0.15) is 0 Å². The molecule has 0 bridgehead atoms. The average molecular weight is 246 g/mol. The van der Waals surface area contributed by atoms with Crippen molar-refractivity contribution in [3.63, 3.8) is 0 Å². The maximum absolute atomic E-state index is 13.1. The molecule has 0 radical (unpaired) electrons. The van der Waals surface area contributed by atoms with Gasteiger partial charge in [-0.3, -0.25) is 0 Å². The number of nitrogens with zero attached hydrogens (tertiary/aromatic N) is 1. The van der Waals surface area contributed by atoms with Crippen molar-refractivity contribution in [2.75, 3.05) is 12.4 Å². The van der Waals surface area contributed by atoms with Crippen LogP contribution >= 0.6 is 0 Å².